The van der Waals surface area contributed by atoms with Gasteiger partial charge in [-0.2, -0.15) is 0 Å². The van der Waals surface area contributed by atoms with E-state index < -0.39 is 6.04 Å². The Morgan fingerprint density at radius 3 is 2.87 bits per heavy atom. The van der Waals surface area contributed by atoms with E-state index in [4.69, 9.17) is 17.3 Å². The third-order valence-electron chi connectivity index (χ3n) is 2.09. The normalized spacial score (nSPS) is 12.3. The molecule has 0 aliphatic rings. The van der Waals surface area contributed by atoms with E-state index >= 15 is 0 Å². The Morgan fingerprint density at radius 2 is 2.33 bits per heavy atom. The quantitative estimate of drug-likeness (QED) is 0.773. The summed E-state index contributed by atoms with van der Waals surface area (Å²) >= 11 is 5.69. The highest BCUT2D eigenvalue weighted by Gasteiger charge is 2.12. The molecule has 0 saturated carbocycles. The highest BCUT2D eigenvalue weighted by Crippen LogP contribution is 2.15. The van der Waals surface area contributed by atoms with E-state index in [2.05, 4.69) is 10.3 Å². The number of pyridine rings is 1. The van der Waals surface area contributed by atoms with E-state index in [0.717, 1.165) is 0 Å². The van der Waals surface area contributed by atoms with Crippen LogP contribution in [0.1, 0.15) is 19.0 Å². The maximum atomic E-state index is 11.5. The highest BCUT2D eigenvalue weighted by molar-refractivity contribution is 6.29. The molecule has 1 atom stereocenters. The first-order valence-electron chi connectivity index (χ1n) is 4.74. The number of carbonyl (C=O) groups excluding carboxylic acids is 1. The van der Waals surface area contributed by atoms with Crippen LogP contribution in [0.15, 0.2) is 12.1 Å². The molecule has 0 unspecified atom stereocenters. The van der Waals surface area contributed by atoms with Crippen molar-refractivity contribution in [1.82, 2.24) is 4.98 Å². The van der Waals surface area contributed by atoms with E-state index in [9.17, 15) is 4.79 Å². The SMILES string of the molecule is CC[C@H](N)C(=O)Nc1ccc(Cl)nc1C. The Hall–Kier alpha value is -1.13. The maximum Gasteiger partial charge on any atom is 0.241 e. The monoisotopic (exact) mass is 227 g/mol. The van der Waals surface area contributed by atoms with Crippen LogP contribution >= 0.6 is 11.6 Å². The lowest BCUT2D eigenvalue weighted by Crippen LogP contribution is -2.35. The molecule has 1 aromatic heterocycles. The smallest absolute Gasteiger partial charge is 0.241 e. The van der Waals surface area contributed by atoms with Crippen molar-refractivity contribution < 1.29 is 4.79 Å². The van der Waals surface area contributed by atoms with Gasteiger partial charge in [-0.15, -0.1) is 0 Å². The molecular weight excluding hydrogens is 214 g/mol. The number of anilines is 1. The number of nitrogens with two attached hydrogens (primary N) is 1. The van der Waals surface area contributed by atoms with Crippen LogP contribution in [0.3, 0.4) is 0 Å². The third-order valence-corrected chi connectivity index (χ3v) is 2.30. The van der Waals surface area contributed by atoms with Gasteiger partial charge in [0.1, 0.15) is 5.15 Å². The van der Waals surface area contributed by atoms with Crippen molar-refractivity contribution in [2.45, 2.75) is 26.3 Å². The van der Waals surface area contributed by atoms with Gasteiger partial charge in [-0.05, 0) is 25.5 Å². The lowest BCUT2D eigenvalue weighted by atomic mass is 10.2. The van der Waals surface area contributed by atoms with Gasteiger partial charge in [0, 0.05) is 0 Å². The molecule has 1 heterocycles. The predicted molar refractivity (Wildman–Crippen MR) is 60.9 cm³/mol. The van der Waals surface area contributed by atoms with Gasteiger partial charge >= 0.3 is 0 Å². The van der Waals surface area contributed by atoms with Crippen molar-refractivity contribution in [1.29, 1.82) is 0 Å². The summed E-state index contributed by atoms with van der Waals surface area (Å²) in [5.41, 5.74) is 6.91. The molecule has 1 aromatic rings. The number of rotatable bonds is 3. The molecule has 0 aliphatic heterocycles. The summed E-state index contributed by atoms with van der Waals surface area (Å²) < 4.78 is 0. The summed E-state index contributed by atoms with van der Waals surface area (Å²) in [6, 6.07) is 2.85. The fourth-order valence-corrected chi connectivity index (χ4v) is 1.26. The molecule has 0 saturated heterocycles. The molecule has 5 heteroatoms. The number of aryl methyl sites for hydroxylation is 1. The minimum atomic E-state index is -0.486. The predicted octanol–water partition coefficient (Wildman–Crippen LogP) is 1.72. The van der Waals surface area contributed by atoms with Gasteiger partial charge < -0.3 is 11.1 Å². The molecule has 82 valence electrons. The van der Waals surface area contributed by atoms with E-state index in [1.54, 1.807) is 19.1 Å². The van der Waals surface area contributed by atoms with Crippen LogP contribution < -0.4 is 11.1 Å². The van der Waals surface area contributed by atoms with Crippen LogP contribution in [0.2, 0.25) is 5.15 Å². The summed E-state index contributed by atoms with van der Waals surface area (Å²) in [5, 5.41) is 3.11. The number of hydrogen-bond donors (Lipinski definition) is 2. The molecule has 0 spiro atoms. The molecule has 1 amide bonds. The zero-order valence-corrected chi connectivity index (χ0v) is 9.51. The van der Waals surface area contributed by atoms with Gasteiger partial charge in [-0.1, -0.05) is 18.5 Å². The van der Waals surface area contributed by atoms with Crippen LogP contribution in [0, 0.1) is 6.92 Å². The largest absolute Gasteiger partial charge is 0.323 e. The summed E-state index contributed by atoms with van der Waals surface area (Å²) in [7, 11) is 0. The van der Waals surface area contributed by atoms with Crippen molar-refractivity contribution >= 4 is 23.2 Å². The highest BCUT2D eigenvalue weighted by atomic mass is 35.5. The first kappa shape index (κ1) is 11.9. The second-order valence-corrected chi connectivity index (χ2v) is 3.66. The van der Waals surface area contributed by atoms with Crippen LogP contribution in [0.25, 0.3) is 0 Å². The van der Waals surface area contributed by atoms with Crippen molar-refractivity contribution in [3.63, 3.8) is 0 Å². The zero-order chi connectivity index (χ0) is 11.4. The van der Waals surface area contributed by atoms with Gasteiger partial charge in [0.25, 0.3) is 0 Å². The average Bonchev–Trinajstić information content (AvgIpc) is 2.20. The molecule has 0 fully saturated rings. The third kappa shape index (κ3) is 3.18. The standard InChI is InChI=1S/C10H14ClN3O/c1-3-7(12)10(15)14-8-4-5-9(11)13-6(8)2/h4-5,7H,3,12H2,1-2H3,(H,14,15)/t7-/m0/s1. The lowest BCUT2D eigenvalue weighted by Gasteiger charge is -2.11. The first-order chi connectivity index (χ1) is 7.04. The maximum absolute atomic E-state index is 11.5. The summed E-state index contributed by atoms with van der Waals surface area (Å²) in [4.78, 5) is 15.5. The molecule has 0 bridgehead atoms. The second-order valence-electron chi connectivity index (χ2n) is 3.27. The van der Waals surface area contributed by atoms with E-state index in [-0.39, 0.29) is 5.91 Å². The Bertz CT molecular complexity index is 368. The number of nitrogens with one attached hydrogen (secondary N) is 1. The summed E-state index contributed by atoms with van der Waals surface area (Å²) in [6.07, 6.45) is 0.603. The summed E-state index contributed by atoms with van der Waals surface area (Å²) in [5.74, 6) is -0.204. The van der Waals surface area contributed by atoms with Gasteiger partial charge in [0.15, 0.2) is 0 Å². The fraction of sp³-hybridized carbons (Fsp3) is 0.400. The molecule has 4 nitrogen and oxygen atoms in total. The Morgan fingerprint density at radius 1 is 1.67 bits per heavy atom. The zero-order valence-electron chi connectivity index (χ0n) is 8.75. The fourth-order valence-electron chi connectivity index (χ4n) is 1.07. The van der Waals surface area contributed by atoms with Crippen LogP contribution in [-0.2, 0) is 4.79 Å². The van der Waals surface area contributed by atoms with Crippen LogP contribution in [0.4, 0.5) is 5.69 Å². The molecule has 0 aromatic carbocycles. The van der Waals surface area contributed by atoms with E-state index in [1.165, 1.54) is 0 Å². The van der Waals surface area contributed by atoms with Crippen molar-refractivity contribution in [2.75, 3.05) is 5.32 Å². The number of hydrogen-bond acceptors (Lipinski definition) is 3. The van der Waals surface area contributed by atoms with Crippen LogP contribution in [-0.4, -0.2) is 16.9 Å². The molecule has 1 rings (SSSR count). The molecular formula is C10H14ClN3O. The lowest BCUT2D eigenvalue weighted by molar-refractivity contribution is -0.117. The second kappa shape index (κ2) is 5.09. The number of carbonyl (C=O) groups is 1. The average molecular weight is 228 g/mol. The number of aromatic nitrogens is 1. The van der Waals surface area contributed by atoms with Gasteiger partial charge in [-0.3, -0.25) is 4.79 Å². The number of nitrogens with zero attached hydrogens (tertiary/aromatic N) is 1. The first-order valence-corrected chi connectivity index (χ1v) is 5.12. The van der Waals surface area contributed by atoms with Crippen LogP contribution in [0.5, 0.6) is 0 Å². The topological polar surface area (TPSA) is 68.0 Å². The molecule has 15 heavy (non-hydrogen) atoms. The Balaban J connectivity index is 2.77. The molecule has 0 radical (unpaired) electrons. The molecule has 3 N–H and O–H groups in total. The van der Waals surface area contributed by atoms with E-state index in [1.807, 2.05) is 6.92 Å². The van der Waals surface area contributed by atoms with E-state index in [0.29, 0.717) is 23.0 Å². The minimum absolute atomic E-state index is 0.204. The van der Waals surface area contributed by atoms with Gasteiger partial charge in [-0.25, -0.2) is 4.98 Å². The van der Waals surface area contributed by atoms with Gasteiger partial charge in [0.2, 0.25) is 5.91 Å². The van der Waals surface area contributed by atoms with Crippen molar-refractivity contribution in [3.8, 4) is 0 Å². The van der Waals surface area contributed by atoms with Crippen molar-refractivity contribution in [2.24, 2.45) is 5.73 Å². The molecule has 0 aliphatic carbocycles. The number of amides is 1. The minimum Gasteiger partial charge on any atom is -0.323 e. The number of halogens is 1. The Labute approximate surface area is 93.8 Å². The Kier molecular flexibility index (Phi) is 4.05. The van der Waals surface area contributed by atoms with Gasteiger partial charge in [0.05, 0.1) is 17.4 Å². The summed E-state index contributed by atoms with van der Waals surface area (Å²) in [6.45, 7) is 3.64. The van der Waals surface area contributed by atoms with Crippen molar-refractivity contribution in [3.05, 3.63) is 23.0 Å².